The van der Waals surface area contributed by atoms with Gasteiger partial charge in [-0.05, 0) is 18.2 Å². The highest BCUT2D eigenvalue weighted by molar-refractivity contribution is 7.22. The van der Waals surface area contributed by atoms with Gasteiger partial charge in [0.2, 0.25) is 0 Å². The van der Waals surface area contributed by atoms with E-state index in [2.05, 4.69) is 0 Å². The molecule has 0 saturated carbocycles. The number of nitrogen functional groups attached to an aromatic ring is 1. The van der Waals surface area contributed by atoms with Crippen molar-refractivity contribution < 1.29 is 9.50 Å². The van der Waals surface area contributed by atoms with E-state index in [-0.39, 0.29) is 10.8 Å². The predicted molar refractivity (Wildman–Crippen MR) is 47.9 cm³/mol. The summed E-state index contributed by atoms with van der Waals surface area (Å²) in [6.07, 6.45) is 0. The quantitative estimate of drug-likeness (QED) is 0.658. The summed E-state index contributed by atoms with van der Waals surface area (Å²) in [5.74, 6) is -0.265. The van der Waals surface area contributed by atoms with Crippen molar-refractivity contribution in [3.05, 3.63) is 24.0 Å². The van der Waals surface area contributed by atoms with Gasteiger partial charge in [-0.3, -0.25) is 0 Å². The lowest BCUT2D eigenvalue weighted by molar-refractivity contribution is 0.476. The number of halogens is 1. The smallest absolute Gasteiger partial charge is 0.165 e. The second kappa shape index (κ2) is 2.35. The first-order valence-electron chi connectivity index (χ1n) is 3.35. The second-order valence-corrected chi connectivity index (χ2v) is 3.54. The number of aromatic hydroxyl groups is 1. The number of thiophene rings is 1. The van der Waals surface area contributed by atoms with Crippen LogP contribution in [0.25, 0.3) is 10.1 Å². The molecule has 1 aromatic carbocycles. The van der Waals surface area contributed by atoms with Crippen LogP contribution >= 0.6 is 11.3 Å². The van der Waals surface area contributed by atoms with E-state index in [0.717, 1.165) is 11.3 Å². The van der Waals surface area contributed by atoms with Crippen molar-refractivity contribution in [2.75, 3.05) is 5.73 Å². The third-order valence-corrected chi connectivity index (χ3v) is 2.59. The molecule has 1 heterocycles. The molecule has 3 N–H and O–H groups in total. The summed E-state index contributed by atoms with van der Waals surface area (Å²) in [7, 11) is 0. The summed E-state index contributed by atoms with van der Waals surface area (Å²) >= 11 is 1.14. The Hall–Kier alpha value is -1.29. The Bertz CT molecular complexity index is 438. The fraction of sp³-hybridized carbons (Fsp3) is 0. The summed E-state index contributed by atoms with van der Waals surface area (Å²) in [5, 5.41) is 9.70. The average molecular weight is 183 g/mol. The van der Waals surface area contributed by atoms with E-state index < -0.39 is 5.82 Å². The zero-order valence-corrected chi connectivity index (χ0v) is 6.86. The van der Waals surface area contributed by atoms with E-state index in [4.69, 9.17) is 10.8 Å². The topological polar surface area (TPSA) is 46.2 Å². The summed E-state index contributed by atoms with van der Waals surface area (Å²) in [4.78, 5) is 0. The molecule has 0 bridgehead atoms. The molecule has 0 unspecified atom stereocenters. The number of fused-ring (bicyclic) bond motifs is 1. The standard InChI is InChI=1S/C8H6FNOS/c9-7-5-2-1-4(11)3-6(5)12-8(7)10/h1-3,11H,10H2. The Morgan fingerprint density at radius 1 is 1.42 bits per heavy atom. The number of anilines is 1. The van der Waals surface area contributed by atoms with Crippen LogP contribution in [0, 0.1) is 5.82 Å². The van der Waals surface area contributed by atoms with Gasteiger partial charge in [-0.25, -0.2) is 4.39 Å². The van der Waals surface area contributed by atoms with Crippen molar-refractivity contribution in [3.63, 3.8) is 0 Å². The molecule has 0 fully saturated rings. The number of nitrogens with two attached hydrogens (primary N) is 1. The number of phenolic OH excluding ortho intramolecular Hbond substituents is 1. The predicted octanol–water partition coefficient (Wildman–Crippen LogP) is 2.33. The maximum atomic E-state index is 13.1. The van der Waals surface area contributed by atoms with Gasteiger partial charge in [0.25, 0.3) is 0 Å². The fourth-order valence-corrected chi connectivity index (χ4v) is 1.96. The van der Waals surface area contributed by atoms with E-state index in [1.807, 2.05) is 0 Å². The third-order valence-electron chi connectivity index (χ3n) is 1.64. The Balaban J connectivity index is 2.87. The van der Waals surface area contributed by atoms with Gasteiger partial charge in [0.15, 0.2) is 5.82 Å². The monoisotopic (exact) mass is 183 g/mol. The highest BCUT2D eigenvalue weighted by Crippen LogP contribution is 2.33. The molecular formula is C8H6FNOS. The van der Waals surface area contributed by atoms with Crippen molar-refractivity contribution in [3.8, 4) is 5.75 Å². The fourth-order valence-electron chi connectivity index (χ4n) is 1.07. The second-order valence-electron chi connectivity index (χ2n) is 2.46. The highest BCUT2D eigenvalue weighted by atomic mass is 32.1. The minimum atomic E-state index is -0.394. The molecule has 4 heteroatoms. The van der Waals surface area contributed by atoms with Gasteiger partial charge in [-0.2, -0.15) is 0 Å². The molecule has 62 valence electrons. The van der Waals surface area contributed by atoms with Gasteiger partial charge in [0, 0.05) is 10.1 Å². The largest absolute Gasteiger partial charge is 0.508 e. The first-order chi connectivity index (χ1) is 5.68. The highest BCUT2D eigenvalue weighted by Gasteiger charge is 2.08. The molecule has 0 aliphatic carbocycles. The van der Waals surface area contributed by atoms with Crippen LogP contribution in [0.3, 0.4) is 0 Å². The number of hydrogen-bond acceptors (Lipinski definition) is 3. The Labute approximate surface area is 72.1 Å². The van der Waals surface area contributed by atoms with Gasteiger partial charge in [0.05, 0.1) is 0 Å². The molecule has 2 rings (SSSR count). The minimum Gasteiger partial charge on any atom is -0.508 e. The van der Waals surface area contributed by atoms with Crippen molar-refractivity contribution in [2.45, 2.75) is 0 Å². The first kappa shape index (κ1) is 7.36. The van der Waals surface area contributed by atoms with E-state index >= 15 is 0 Å². The van der Waals surface area contributed by atoms with Crippen LogP contribution in [0.2, 0.25) is 0 Å². The van der Waals surface area contributed by atoms with E-state index in [0.29, 0.717) is 10.1 Å². The molecule has 0 spiro atoms. The van der Waals surface area contributed by atoms with Crippen LogP contribution in [-0.4, -0.2) is 5.11 Å². The molecule has 1 aromatic heterocycles. The molecule has 0 radical (unpaired) electrons. The van der Waals surface area contributed by atoms with Crippen molar-refractivity contribution in [1.29, 1.82) is 0 Å². The zero-order chi connectivity index (χ0) is 8.72. The summed E-state index contributed by atoms with van der Waals surface area (Å²) < 4.78 is 13.8. The molecule has 0 amide bonds. The van der Waals surface area contributed by atoms with Gasteiger partial charge >= 0.3 is 0 Å². The minimum absolute atomic E-state index is 0.128. The van der Waals surface area contributed by atoms with Crippen LogP contribution in [0.1, 0.15) is 0 Å². The van der Waals surface area contributed by atoms with Gasteiger partial charge < -0.3 is 10.8 Å². The maximum Gasteiger partial charge on any atom is 0.165 e. The number of rotatable bonds is 0. The average Bonchev–Trinajstić information content (AvgIpc) is 2.28. The van der Waals surface area contributed by atoms with Gasteiger partial charge in [-0.15, -0.1) is 11.3 Å². The number of hydrogen-bond donors (Lipinski definition) is 2. The molecule has 0 aliphatic rings. The van der Waals surface area contributed by atoms with Crippen LogP contribution < -0.4 is 5.73 Å². The first-order valence-corrected chi connectivity index (χ1v) is 4.16. The molecule has 2 nitrogen and oxygen atoms in total. The normalized spacial score (nSPS) is 10.8. The van der Waals surface area contributed by atoms with E-state index in [1.54, 1.807) is 0 Å². The van der Waals surface area contributed by atoms with Crippen molar-refractivity contribution in [1.82, 2.24) is 0 Å². The molecule has 2 aromatic rings. The Morgan fingerprint density at radius 3 is 2.92 bits per heavy atom. The van der Waals surface area contributed by atoms with Gasteiger partial charge in [0.1, 0.15) is 10.8 Å². The maximum absolute atomic E-state index is 13.1. The Morgan fingerprint density at radius 2 is 2.17 bits per heavy atom. The number of phenols is 1. The van der Waals surface area contributed by atoms with Gasteiger partial charge in [-0.1, -0.05) is 0 Å². The van der Waals surface area contributed by atoms with Crippen molar-refractivity contribution >= 4 is 26.4 Å². The lowest BCUT2D eigenvalue weighted by atomic mass is 10.2. The van der Waals surface area contributed by atoms with Crippen LogP contribution in [0.4, 0.5) is 9.39 Å². The Kier molecular flexibility index (Phi) is 1.44. The van der Waals surface area contributed by atoms with E-state index in [9.17, 15) is 4.39 Å². The van der Waals surface area contributed by atoms with Crippen LogP contribution in [-0.2, 0) is 0 Å². The summed E-state index contributed by atoms with van der Waals surface area (Å²) in [6.45, 7) is 0. The lowest BCUT2D eigenvalue weighted by Gasteiger charge is -1.90. The van der Waals surface area contributed by atoms with Crippen LogP contribution in [0.15, 0.2) is 18.2 Å². The SMILES string of the molecule is Nc1sc2cc(O)ccc2c1F. The molecule has 12 heavy (non-hydrogen) atoms. The molecule has 0 atom stereocenters. The lowest BCUT2D eigenvalue weighted by Crippen LogP contribution is -1.81. The van der Waals surface area contributed by atoms with E-state index in [1.165, 1.54) is 18.2 Å². The molecule has 0 aliphatic heterocycles. The zero-order valence-electron chi connectivity index (χ0n) is 6.04. The summed E-state index contributed by atoms with van der Waals surface area (Å²) in [5.41, 5.74) is 5.36. The van der Waals surface area contributed by atoms with Crippen LogP contribution in [0.5, 0.6) is 5.75 Å². The summed E-state index contributed by atoms with van der Waals surface area (Å²) in [6, 6.07) is 4.46. The molecule has 0 saturated heterocycles. The third kappa shape index (κ3) is 0.921. The number of benzene rings is 1. The van der Waals surface area contributed by atoms with Crippen molar-refractivity contribution in [2.24, 2.45) is 0 Å². The molecular weight excluding hydrogens is 177 g/mol.